The first kappa shape index (κ1) is 10.5. The molecule has 0 radical (unpaired) electrons. The highest BCUT2D eigenvalue weighted by atomic mass is 16.5. The van der Waals surface area contributed by atoms with E-state index in [0.29, 0.717) is 6.42 Å². The molecule has 0 saturated heterocycles. The third-order valence-corrected chi connectivity index (χ3v) is 2.66. The predicted octanol–water partition coefficient (Wildman–Crippen LogP) is 2.40. The Balaban J connectivity index is 1.99. The van der Waals surface area contributed by atoms with Crippen molar-refractivity contribution in [3.05, 3.63) is 29.8 Å². The second-order valence-electron chi connectivity index (χ2n) is 4.42. The van der Waals surface area contributed by atoms with Gasteiger partial charge in [-0.15, -0.1) is 0 Å². The summed E-state index contributed by atoms with van der Waals surface area (Å²) in [5.74, 6) is 1.70. The van der Waals surface area contributed by atoms with E-state index in [9.17, 15) is 5.11 Å². The fourth-order valence-electron chi connectivity index (χ4n) is 1.62. The van der Waals surface area contributed by atoms with Crippen LogP contribution in [0.2, 0.25) is 0 Å². The van der Waals surface area contributed by atoms with Crippen molar-refractivity contribution in [1.82, 2.24) is 0 Å². The van der Waals surface area contributed by atoms with E-state index in [4.69, 9.17) is 4.74 Å². The van der Waals surface area contributed by atoms with Crippen molar-refractivity contribution in [3.63, 3.8) is 0 Å². The highest BCUT2D eigenvalue weighted by molar-refractivity contribution is 5.33. The molecular weight excluding hydrogens is 188 g/mol. The van der Waals surface area contributed by atoms with Gasteiger partial charge in [-0.3, -0.25) is 0 Å². The number of hydrogen-bond donors (Lipinski definition) is 1. The Labute approximate surface area is 90.9 Å². The number of para-hydroxylation sites is 1. The Hall–Kier alpha value is -1.02. The van der Waals surface area contributed by atoms with Crippen LogP contribution in [0.5, 0.6) is 5.75 Å². The number of benzene rings is 1. The topological polar surface area (TPSA) is 29.5 Å². The molecule has 0 amide bonds. The maximum absolute atomic E-state index is 9.36. The molecule has 1 N–H and O–H groups in total. The molecule has 2 rings (SSSR count). The van der Waals surface area contributed by atoms with Gasteiger partial charge >= 0.3 is 0 Å². The summed E-state index contributed by atoms with van der Waals surface area (Å²) >= 11 is 0. The van der Waals surface area contributed by atoms with Gasteiger partial charge in [0.2, 0.25) is 0 Å². The van der Waals surface area contributed by atoms with Crippen LogP contribution in [0.25, 0.3) is 0 Å². The van der Waals surface area contributed by atoms with Crippen LogP contribution in [0.4, 0.5) is 0 Å². The molecule has 82 valence electrons. The fraction of sp³-hybridized carbons (Fsp3) is 0.538. The van der Waals surface area contributed by atoms with Crippen LogP contribution in [0, 0.1) is 5.92 Å². The minimum absolute atomic E-state index is 0.310. The molecule has 0 bridgehead atoms. The molecular formula is C13H18O2. The van der Waals surface area contributed by atoms with Gasteiger partial charge in [0.25, 0.3) is 0 Å². The van der Waals surface area contributed by atoms with Gasteiger partial charge in [-0.05, 0) is 37.3 Å². The fourth-order valence-corrected chi connectivity index (χ4v) is 1.62. The Morgan fingerprint density at radius 2 is 2.13 bits per heavy atom. The van der Waals surface area contributed by atoms with Crippen molar-refractivity contribution in [3.8, 4) is 5.75 Å². The minimum Gasteiger partial charge on any atom is -0.493 e. The van der Waals surface area contributed by atoms with Gasteiger partial charge in [-0.25, -0.2) is 0 Å². The molecule has 1 saturated carbocycles. The number of hydrogen-bond acceptors (Lipinski definition) is 2. The summed E-state index contributed by atoms with van der Waals surface area (Å²) in [6.45, 7) is 2.63. The minimum atomic E-state index is -0.310. The maximum Gasteiger partial charge on any atom is 0.122 e. The average Bonchev–Trinajstić information content (AvgIpc) is 2.99. The first-order valence-electron chi connectivity index (χ1n) is 5.64. The summed E-state index contributed by atoms with van der Waals surface area (Å²) in [5, 5.41) is 9.36. The highest BCUT2D eigenvalue weighted by Crippen LogP contribution is 2.30. The first-order valence-corrected chi connectivity index (χ1v) is 5.64. The van der Waals surface area contributed by atoms with E-state index in [1.807, 2.05) is 24.3 Å². The van der Waals surface area contributed by atoms with E-state index in [2.05, 4.69) is 0 Å². The van der Waals surface area contributed by atoms with Crippen molar-refractivity contribution < 1.29 is 9.84 Å². The molecule has 1 fully saturated rings. The van der Waals surface area contributed by atoms with Crippen LogP contribution in [-0.2, 0) is 6.42 Å². The van der Waals surface area contributed by atoms with Crippen molar-refractivity contribution in [2.24, 2.45) is 5.92 Å². The molecule has 0 aromatic heterocycles. The summed E-state index contributed by atoms with van der Waals surface area (Å²) in [6, 6.07) is 7.98. The van der Waals surface area contributed by atoms with E-state index < -0.39 is 0 Å². The Bertz CT molecular complexity index is 316. The zero-order chi connectivity index (χ0) is 10.7. The molecule has 1 aliphatic rings. The molecule has 15 heavy (non-hydrogen) atoms. The average molecular weight is 206 g/mol. The van der Waals surface area contributed by atoms with Crippen LogP contribution in [-0.4, -0.2) is 17.8 Å². The zero-order valence-corrected chi connectivity index (χ0v) is 9.15. The summed E-state index contributed by atoms with van der Waals surface area (Å²) in [5.41, 5.74) is 1.10. The second-order valence-corrected chi connectivity index (χ2v) is 4.42. The predicted molar refractivity (Wildman–Crippen MR) is 60.0 cm³/mol. The largest absolute Gasteiger partial charge is 0.493 e. The smallest absolute Gasteiger partial charge is 0.122 e. The van der Waals surface area contributed by atoms with Gasteiger partial charge in [0.1, 0.15) is 5.75 Å². The summed E-state index contributed by atoms with van der Waals surface area (Å²) in [6.07, 6.45) is 2.97. The van der Waals surface area contributed by atoms with Crippen molar-refractivity contribution in [2.45, 2.75) is 32.3 Å². The molecule has 1 aromatic carbocycles. The monoisotopic (exact) mass is 206 g/mol. The summed E-state index contributed by atoms with van der Waals surface area (Å²) in [4.78, 5) is 0. The number of aliphatic hydroxyl groups excluding tert-OH is 1. The zero-order valence-electron chi connectivity index (χ0n) is 9.15. The third-order valence-electron chi connectivity index (χ3n) is 2.66. The van der Waals surface area contributed by atoms with Crippen molar-refractivity contribution in [2.75, 3.05) is 6.61 Å². The number of rotatable bonds is 5. The van der Waals surface area contributed by atoms with Gasteiger partial charge in [-0.1, -0.05) is 18.2 Å². The van der Waals surface area contributed by atoms with Gasteiger partial charge in [0.15, 0.2) is 0 Å². The molecule has 0 aliphatic heterocycles. The SMILES string of the molecule is CC(O)Cc1ccccc1OCC1CC1. The quantitative estimate of drug-likeness (QED) is 0.801. The molecule has 1 aromatic rings. The lowest BCUT2D eigenvalue weighted by atomic mass is 10.1. The van der Waals surface area contributed by atoms with Crippen LogP contribution >= 0.6 is 0 Å². The standard InChI is InChI=1S/C13H18O2/c1-10(14)8-12-4-2-3-5-13(12)15-9-11-6-7-11/h2-5,10-11,14H,6-9H2,1H3. The van der Waals surface area contributed by atoms with Crippen LogP contribution in [0.1, 0.15) is 25.3 Å². The molecule has 2 heteroatoms. The van der Waals surface area contributed by atoms with Crippen molar-refractivity contribution in [1.29, 1.82) is 0 Å². The lowest BCUT2D eigenvalue weighted by molar-refractivity contribution is 0.193. The van der Waals surface area contributed by atoms with E-state index >= 15 is 0 Å². The van der Waals surface area contributed by atoms with E-state index in [-0.39, 0.29) is 6.10 Å². The highest BCUT2D eigenvalue weighted by Gasteiger charge is 2.22. The lowest BCUT2D eigenvalue weighted by Gasteiger charge is -2.12. The summed E-state index contributed by atoms with van der Waals surface area (Å²) in [7, 11) is 0. The Morgan fingerprint density at radius 3 is 2.80 bits per heavy atom. The second kappa shape index (κ2) is 4.67. The van der Waals surface area contributed by atoms with E-state index in [1.54, 1.807) is 6.92 Å². The lowest BCUT2D eigenvalue weighted by Crippen LogP contribution is -2.07. The van der Waals surface area contributed by atoms with Crippen LogP contribution < -0.4 is 4.74 Å². The van der Waals surface area contributed by atoms with Gasteiger partial charge in [0, 0.05) is 6.42 Å². The summed E-state index contributed by atoms with van der Waals surface area (Å²) < 4.78 is 5.75. The third kappa shape index (κ3) is 3.24. The molecule has 1 aliphatic carbocycles. The van der Waals surface area contributed by atoms with Gasteiger partial charge < -0.3 is 9.84 Å². The van der Waals surface area contributed by atoms with Gasteiger partial charge in [-0.2, -0.15) is 0 Å². The molecule has 2 nitrogen and oxygen atoms in total. The maximum atomic E-state index is 9.36. The van der Waals surface area contributed by atoms with Crippen LogP contribution in [0.3, 0.4) is 0 Å². The molecule has 0 spiro atoms. The van der Waals surface area contributed by atoms with E-state index in [1.165, 1.54) is 12.8 Å². The molecule has 0 heterocycles. The van der Waals surface area contributed by atoms with Gasteiger partial charge in [0.05, 0.1) is 12.7 Å². The molecule has 1 unspecified atom stereocenters. The number of aliphatic hydroxyl groups is 1. The van der Waals surface area contributed by atoms with Crippen LogP contribution in [0.15, 0.2) is 24.3 Å². The number of ether oxygens (including phenoxy) is 1. The Kier molecular flexibility index (Phi) is 3.27. The van der Waals surface area contributed by atoms with Crippen molar-refractivity contribution >= 4 is 0 Å². The Morgan fingerprint density at radius 1 is 1.40 bits per heavy atom. The normalized spacial score (nSPS) is 17.5. The first-order chi connectivity index (χ1) is 7.25. The van der Waals surface area contributed by atoms with E-state index in [0.717, 1.165) is 23.8 Å². The molecule has 1 atom stereocenters.